The van der Waals surface area contributed by atoms with Gasteiger partial charge < -0.3 is 5.32 Å². The monoisotopic (exact) mass is 304 g/mol. The van der Waals surface area contributed by atoms with Gasteiger partial charge in [0.1, 0.15) is 5.01 Å². The molecule has 4 nitrogen and oxygen atoms in total. The summed E-state index contributed by atoms with van der Waals surface area (Å²) in [5.41, 5.74) is 2.57. The zero-order valence-electron chi connectivity index (χ0n) is 12.9. The van der Waals surface area contributed by atoms with Gasteiger partial charge in [0.25, 0.3) is 0 Å². The van der Waals surface area contributed by atoms with Gasteiger partial charge in [0, 0.05) is 23.2 Å². The molecule has 0 aliphatic heterocycles. The Morgan fingerprint density at radius 2 is 2.24 bits per heavy atom. The van der Waals surface area contributed by atoms with E-state index in [1.165, 1.54) is 34.0 Å². The summed E-state index contributed by atoms with van der Waals surface area (Å²) in [6, 6.07) is 0.200. The van der Waals surface area contributed by atoms with E-state index in [1.807, 2.05) is 22.2 Å². The summed E-state index contributed by atoms with van der Waals surface area (Å²) in [5, 5.41) is 9.33. The minimum atomic E-state index is 0.200. The van der Waals surface area contributed by atoms with Crippen LogP contribution in [0, 0.1) is 0 Å². The fraction of sp³-hybridized carbons (Fsp3) is 0.625. The minimum absolute atomic E-state index is 0.200. The summed E-state index contributed by atoms with van der Waals surface area (Å²) in [6.07, 6.45) is 10.0. The Balaban J connectivity index is 1.84. The van der Waals surface area contributed by atoms with Crippen LogP contribution in [0.5, 0.6) is 0 Å². The van der Waals surface area contributed by atoms with Crippen LogP contribution in [0.15, 0.2) is 12.4 Å². The van der Waals surface area contributed by atoms with Crippen molar-refractivity contribution >= 4 is 11.3 Å². The van der Waals surface area contributed by atoms with Gasteiger partial charge in [0.05, 0.1) is 17.9 Å². The van der Waals surface area contributed by atoms with Gasteiger partial charge in [-0.1, -0.05) is 13.8 Å². The maximum atomic E-state index is 4.89. The first-order valence-corrected chi connectivity index (χ1v) is 8.87. The molecule has 114 valence electrons. The summed E-state index contributed by atoms with van der Waals surface area (Å²) in [5.74, 6) is 0. The molecule has 0 bridgehead atoms. The van der Waals surface area contributed by atoms with Crippen LogP contribution < -0.4 is 5.32 Å². The third-order valence-corrected chi connectivity index (χ3v) is 5.12. The van der Waals surface area contributed by atoms with E-state index in [0.717, 1.165) is 32.4 Å². The van der Waals surface area contributed by atoms with Gasteiger partial charge >= 0.3 is 0 Å². The molecule has 0 fully saturated rings. The van der Waals surface area contributed by atoms with E-state index in [9.17, 15) is 0 Å². The first-order chi connectivity index (χ1) is 10.3. The Morgan fingerprint density at radius 3 is 3.00 bits per heavy atom. The van der Waals surface area contributed by atoms with Crippen LogP contribution >= 0.6 is 11.3 Å². The number of rotatable bonds is 7. The second kappa shape index (κ2) is 6.71. The molecular weight excluding hydrogens is 280 g/mol. The van der Waals surface area contributed by atoms with Gasteiger partial charge in [-0.3, -0.25) is 4.68 Å². The Labute approximate surface area is 130 Å². The average molecular weight is 304 g/mol. The van der Waals surface area contributed by atoms with Crippen molar-refractivity contribution in [3.8, 4) is 0 Å². The van der Waals surface area contributed by atoms with Crippen molar-refractivity contribution in [2.75, 3.05) is 6.54 Å². The number of nitrogens with zero attached hydrogens (tertiary/aromatic N) is 3. The molecule has 0 aromatic carbocycles. The molecule has 0 saturated heterocycles. The predicted molar refractivity (Wildman–Crippen MR) is 86.8 cm³/mol. The maximum absolute atomic E-state index is 4.89. The van der Waals surface area contributed by atoms with E-state index in [2.05, 4.69) is 30.5 Å². The lowest BCUT2D eigenvalue weighted by Gasteiger charge is -2.14. The highest BCUT2D eigenvalue weighted by molar-refractivity contribution is 7.11. The van der Waals surface area contributed by atoms with Crippen LogP contribution in [0.25, 0.3) is 0 Å². The molecule has 2 heterocycles. The number of nitrogens with one attached hydrogen (secondary N) is 1. The van der Waals surface area contributed by atoms with Crippen LogP contribution in [0.4, 0.5) is 0 Å². The summed E-state index contributed by atoms with van der Waals surface area (Å²) in [7, 11) is 0. The molecule has 1 atom stereocenters. The molecule has 1 aliphatic rings. The molecule has 2 aromatic rings. The molecular formula is C16H24N4S. The van der Waals surface area contributed by atoms with E-state index < -0.39 is 0 Å². The summed E-state index contributed by atoms with van der Waals surface area (Å²) < 4.78 is 2.04. The SMILES string of the molecule is CCCNC(c1cnn(CCC)c1)c1nc2c(s1)CCC2. The fourth-order valence-corrected chi connectivity index (χ4v) is 4.11. The lowest BCUT2D eigenvalue weighted by Crippen LogP contribution is -2.22. The van der Waals surface area contributed by atoms with Crippen molar-refractivity contribution in [3.63, 3.8) is 0 Å². The Hall–Kier alpha value is -1.20. The van der Waals surface area contributed by atoms with Crippen LogP contribution in [0.1, 0.15) is 60.3 Å². The van der Waals surface area contributed by atoms with Crippen LogP contribution in [0.2, 0.25) is 0 Å². The minimum Gasteiger partial charge on any atom is -0.304 e. The average Bonchev–Trinajstić information content (AvgIpc) is 3.15. The third-order valence-electron chi connectivity index (χ3n) is 3.90. The van der Waals surface area contributed by atoms with Crippen LogP contribution in [0.3, 0.4) is 0 Å². The predicted octanol–water partition coefficient (Wildman–Crippen LogP) is 3.33. The number of fused-ring (bicyclic) bond motifs is 1. The molecule has 3 rings (SSSR count). The molecule has 0 spiro atoms. The first kappa shape index (κ1) is 14.7. The van der Waals surface area contributed by atoms with Crippen molar-refractivity contribution in [1.82, 2.24) is 20.1 Å². The Bertz CT molecular complexity index is 565. The highest BCUT2D eigenvalue weighted by Gasteiger charge is 2.23. The number of aryl methyl sites for hydroxylation is 3. The van der Waals surface area contributed by atoms with Crippen molar-refractivity contribution in [3.05, 3.63) is 33.5 Å². The van der Waals surface area contributed by atoms with Crippen LogP contribution in [-0.2, 0) is 19.4 Å². The molecule has 21 heavy (non-hydrogen) atoms. The van der Waals surface area contributed by atoms with E-state index in [4.69, 9.17) is 4.98 Å². The number of hydrogen-bond acceptors (Lipinski definition) is 4. The van der Waals surface area contributed by atoms with E-state index in [0.29, 0.717) is 0 Å². The van der Waals surface area contributed by atoms with Gasteiger partial charge in [-0.25, -0.2) is 4.98 Å². The van der Waals surface area contributed by atoms with Gasteiger partial charge in [-0.05, 0) is 38.6 Å². The molecule has 1 unspecified atom stereocenters. The Kier molecular flexibility index (Phi) is 4.70. The second-order valence-corrected chi connectivity index (χ2v) is 6.81. The highest BCUT2D eigenvalue weighted by atomic mass is 32.1. The van der Waals surface area contributed by atoms with Crippen molar-refractivity contribution in [2.45, 2.75) is 58.5 Å². The van der Waals surface area contributed by atoms with Gasteiger partial charge in [0.15, 0.2) is 0 Å². The maximum Gasteiger partial charge on any atom is 0.115 e. The highest BCUT2D eigenvalue weighted by Crippen LogP contribution is 2.33. The quantitative estimate of drug-likeness (QED) is 0.853. The van der Waals surface area contributed by atoms with Crippen molar-refractivity contribution in [1.29, 1.82) is 0 Å². The van der Waals surface area contributed by atoms with Gasteiger partial charge in [-0.15, -0.1) is 11.3 Å². The van der Waals surface area contributed by atoms with Crippen LogP contribution in [-0.4, -0.2) is 21.3 Å². The number of aromatic nitrogens is 3. The standard InChI is InChI=1S/C16H24N4S/c1-3-8-17-15(12-10-18-20(11-12)9-4-2)16-19-13-6-5-7-14(13)21-16/h10-11,15,17H,3-9H2,1-2H3. The number of hydrogen-bond donors (Lipinski definition) is 1. The molecule has 2 aromatic heterocycles. The summed E-state index contributed by atoms with van der Waals surface area (Å²) >= 11 is 1.89. The molecule has 0 amide bonds. The zero-order valence-corrected chi connectivity index (χ0v) is 13.7. The topological polar surface area (TPSA) is 42.7 Å². The van der Waals surface area contributed by atoms with E-state index in [-0.39, 0.29) is 6.04 Å². The first-order valence-electron chi connectivity index (χ1n) is 8.06. The second-order valence-electron chi connectivity index (χ2n) is 5.70. The lowest BCUT2D eigenvalue weighted by molar-refractivity contribution is 0.585. The largest absolute Gasteiger partial charge is 0.304 e. The summed E-state index contributed by atoms with van der Waals surface area (Å²) in [6.45, 7) is 6.37. The molecule has 1 aliphatic carbocycles. The molecule has 5 heteroatoms. The van der Waals surface area contributed by atoms with Crippen molar-refractivity contribution < 1.29 is 0 Å². The third kappa shape index (κ3) is 3.19. The van der Waals surface area contributed by atoms with Gasteiger partial charge in [-0.2, -0.15) is 5.10 Å². The van der Waals surface area contributed by atoms with Gasteiger partial charge in [0.2, 0.25) is 0 Å². The normalized spacial score (nSPS) is 15.3. The zero-order chi connectivity index (χ0) is 14.7. The number of thiazole rings is 1. The van der Waals surface area contributed by atoms with E-state index >= 15 is 0 Å². The summed E-state index contributed by atoms with van der Waals surface area (Å²) in [4.78, 5) is 6.39. The fourth-order valence-electron chi connectivity index (χ4n) is 2.85. The smallest absolute Gasteiger partial charge is 0.115 e. The molecule has 0 saturated carbocycles. The van der Waals surface area contributed by atoms with E-state index in [1.54, 1.807) is 0 Å². The molecule has 0 radical (unpaired) electrons. The lowest BCUT2D eigenvalue weighted by atomic mass is 10.1. The molecule has 1 N–H and O–H groups in total. The Morgan fingerprint density at radius 1 is 1.33 bits per heavy atom. The van der Waals surface area contributed by atoms with Crippen molar-refractivity contribution in [2.24, 2.45) is 0 Å².